The van der Waals surface area contributed by atoms with Crippen molar-refractivity contribution in [1.82, 2.24) is 5.32 Å². The number of hydrogen-bond acceptors (Lipinski definition) is 4. The van der Waals surface area contributed by atoms with Crippen LogP contribution < -0.4 is 5.32 Å². The van der Waals surface area contributed by atoms with Crippen LogP contribution in [-0.4, -0.2) is 35.0 Å². The van der Waals surface area contributed by atoms with Crippen molar-refractivity contribution in [2.45, 2.75) is 18.7 Å². The average Bonchev–Trinajstić information content (AvgIpc) is 2.39. The molecule has 110 valence electrons. The summed E-state index contributed by atoms with van der Waals surface area (Å²) in [5.74, 6) is -0.799. The summed E-state index contributed by atoms with van der Waals surface area (Å²) in [7, 11) is -0.134. The second kappa shape index (κ2) is 8.01. The molecule has 5 nitrogen and oxygen atoms in total. The van der Waals surface area contributed by atoms with Gasteiger partial charge < -0.3 is 10.1 Å². The number of halogens is 1. The van der Waals surface area contributed by atoms with E-state index in [-0.39, 0.29) is 17.4 Å². The Balaban J connectivity index is 2.69. The second-order valence-electron chi connectivity index (χ2n) is 4.12. The first-order valence-corrected chi connectivity index (χ1v) is 7.74. The maximum atomic E-state index is 12.1. The second-order valence-corrected chi connectivity index (χ2v) is 6.03. The van der Waals surface area contributed by atoms with Crippen molar-refractivity contribution in [2.24, 2.45) is 0 Å². The number of amides is 1. The number of benzene rings is 1. The maximum Gasteiger partial charge on any atom is 0.329 e. The van der Waals surface area contributed by atoms with E-state index in [0.29, 0.717) is 5.02 Å². The molecule has 0 fully saturated rings. The molecule has 0 radical (unpaired) electrons. The van der Waals surface area contributed by atoms with Gasteiger partial charge in [0.15, 0.2) is 0 Å². The molecule has 0 aromatic heterocycles. The standard InChI is InChI=1S/C13H16ClNO4S/c1-9(16)15-12(13(17)19-2)8-20(18)7-10-5-3-4-6-11(10)14/h3-6,12H,7-8H2,1-2H3,(H,15,16). The molecule has 0 saturated carbocycles. The van der Waals surface area contributed by atoms with Crippen LogP contribution in [0, 0.1) is 0 Å². The third-order valence-electron chi connectivity index (χ3n) is 2.49. The third kappa shape index (κ3) is 5.30. The van der Waals surface area contributed by atoms with Crippen LogP contribution in [0.1, 0.15) is 12.5 Å². The van der Waals surface area contributed by atoms with Gasteiger partial charge in [0, 0.05) is 22.7 Å². The molecule has 1 amide bonds. The van der Waals surface area contributed by atoms with E-state index < -0.39 is 22.8 Å². The van der Waals surface area contributed by atoms with Crippen LogP contribution in [0.5, 0.6) is 0 Å². The molecule has 20 heavy (non-hydrogen) atoms. The molecule has 0 aliphatic heterocycles. The molecule has 0 saturated heterocycles. The van der Waals surface area contributed by atoms with E-state index in [4.69, 9.17) is 11.6 Å². The van der Waals surface area contributed by atoms with Crippen molar-refractivity contribution in [3.63, 3.8) is 0 Å². The van der Waals surface area contributed by atoms with E-state index in [9.17, 15) is 13.8 Å². The fraction of sp³-hybridized carbons (Fsp3) is 0.385. The highest BCUT2D eigenvalue weighted by Crippen LogP contribution is 2.16. The molecule has 7 heteroatoms. The molecular weight excluding hydrogens is 302 g/mol. The predicted octanol–water partition coefficient (Wildman–Crippen LogP) is 1.27. The highest BCUT2D eigenvalue weighted by molar-refractivity contribution is 7.84. The Kier molecular flexibility index (Phi) is 6.67. The monoisotopic (exact) mass is 317 g/mol. The van der Waals surface area contributed by atoms with Crippen molar-refractivity contribution in [3.8, 4) is 0 Å². The smallest absolute Gasteiger partial charge is 0.329 e. The molecule has 0 bridgehead atoms. The Bertz CT molecular complexity index is 521. The van der Waals surface area contributed by atoms with Crippen LogP contribution in [0.25, 0.3) is 0 Å². The van der Waals surface area contributed by atoms with E-state index in [1.807, 2.05) is 0 Å². The first-order chi connectivity index (χ1) is 9.43. The molecule has 1 rings (SSSR count). The molecule has 1 N–H and O–H groups in total. The van der Waals surface area contributed by atoms with Gasteiger partial charge >= 0.3 is 5.97 Å². The quantitative estimate of drug-likeness (QED) is 0.802. The fourth-order valence-corrected chi connectivity index (χ4v) is 3.18. The lowest BCUT2D eigenvalue weighted by atomic mass is 10.2. The minimum Gasteiger partial charge on any atom is -0.467 e. The molecular formula is C13H16ClNO4S. The zero-order chi connectivity index (χ0) is 15.1. The highest BCUT2D eigenvalue weighted by Gasteiger charge is 2.23. The molecule has 1 aromatic carbocycles. The van der Waals surface area contributed by atoms with Crippen molar-refractivity contribution in [2.75, 3.05) is 12.9 Å². The number of esters is 1. The molecule has 0 aliphatic carbocycles. The Hall–Kier alpha value is -1.40. The average molecular weight is 318 g/mol. The van der Waals surface area contributed by atoms with E-state index >= 15 is 0 Å². The van der Waals surface area contributed by atoms with Gasteiger partial charge in [0.05, 0.1) is 18.6 Å². The Morgan fingerprint density at radius 1 is 1.40 bits per heavy atom. The Labute approximate surface area is 125 Å². The fourth-order valence-electron chi connectivity index (χ4n) is 1.59. The lowest BCUT2D eigenvalue weighted by molar-refractivity contribution is -0.144. The van der Waals surface area contributed by atoms with Gasteiger partial charge in [-0.05, 0) is 11.6 Å². The number of rotatable bonds is 6. The van der Waals surface area contributed by atoms with Crippen LogP contribution in [0.15, 0.2) is 24.3 Å². The van der Waals surface area contributed by atoms with E-state index in [2.05, 4.69) is 10.1 Å². The molecule has 2 unspecified atom stereocenters. The van der Waals surface area contributed by atoms with Gasteiger partial charge in [0.2, 0.25) is 5.91 Å². The van der Waals surface area contributed by atoms with Gasteiger partial charge in [-0.3, -0.25) is 9.00 Å². The van der Waals surface area contributed by atoms with Crippen molar-refractivity contribution in [3.05, 3.63) is 34.9 Å². The van der Waals surface area contributed by atoms with Crippen LogP contribution in [0.2, 0.25) is 5.02 Å². The van der Waals surface area contributed by atoms with Crippen LogP contribution in [0.4, 0.5) is 0 Å². The highest BCUT2D eigenvalue weighted by atomic mass is 35.5. The summed E-state index contributed by atoms with van der Waals surface area (Å²) in [6.07, 6.45) is 0. The number of carbonyl (C=O) groups excluding carboxylic acids is 2. The Morgan fingerprint density at radius 2 is 2.05 bits per heavy atom. The summed E-state index contributed by atoms with van der Waals surface area (Å²) in [4.78, 5) is 22.5. The molecule has 2 atom stereocenters. The largest absolute Gasteiger partial charge is 0.467 e. The van der Waals surface area contributed by atoms with Crippen LogP contribution in [-0.2, 0) is 30.9 Å². The summed E-state index contributed by atoms with van der Waals surface area (Å²) in [6.45, 7) is 1.28. The zero-order valence-corrected chi connectivity index (χ0v) is 12.8. The van der Waals surface area contributed by atoms with E-state index in [1.54, 1.807) is 24.3 Å². The minimum atomic E-state index is -1.35. The molecule has 1 aromatic rings. The van der Waals surface area contributed by atoms with Crippen LogP contribution in [0.3, 0.4) is 0 Å². The predicted molar refractivity (Wildman–Crippen MR) is 77.8 cm³/mol. The Morgan fingerprint density at radius 3 is 2.60 bits per heavy atom. The number of hydrogen-bond donors (Lipinski definition) is 1. The van der Waals surface area contributed by atoms with Gasteiger partial charge in [-0.2, -0.15) is 0 Å². The third-order valence-corrected chi connectivity index (χ3v) is 4.20. The summed E-state index contributed by atoms with van der Waals surface area (Å²) < 4.78 is 16.6. The van der Waals surface area contributed by atoms with Gasteiger partial charge in [0.25, 0.3) is 0 Å². The first-order valence-electron chi connectivity index (χ1n) is 5.87. The van der Waals surface area contributed by atoms with Gasteiger partial charge in [-0.1, -0.05) is 29.8 Å². The lowest BCUT2D eigenvalue weighted by Crippen LogP contribution is -2.44. The lowest BCUT2D eigenvalue weighted by Gasteiger charge is -2.15. The van der Waals surface area contributed by atoms with Crippen LogP contribution >= 0.6 is 11.6 Å². The number of methoxy groups -OCH3 is 1. The van der Waals surface area contributed by atoms with Gasteiger partial charge in [0.1, 0.15) is 6.04 Å². The molecule has 0 aliphatic rings. The number of ether oxygens (including phenoxy) is 1. The number of carbonyl (C=O) groups is 2. The summed E-state index contributed by atoms with van der Waals surface area (Å²) in [5, 5.41) is 2.95. The normalized spacial score (nSPS) is 13.3. The van der Waals surface area contributed by atoms with E-state index in [1.165, 1.54) is 14.0 Å². The van der Waals surface area contributed by atoms with E-state index in [0.717, 1.165) is 5.56 Å². The van der Waals surface area contributed by atoms with Crippen molar-refractivity contribution < 1.29 is 18.5 Å². The summed E-state index contributed by atoms with van der Waals surface area (Å²) >= 11 is 5.98. The SMILES string of the molecule is COC(=O)C(CS(=O)Cc1ccccc1Cl)NC(C)=O. The molecule has 0 heterocycles. The summed E-state index contributed by atoms with van der Waals surface area (Å²) in [5.41, 5.74) is 0.735. The van der Waals surface area contributed by atoms with Crippen molar-refractivity contribution >= 4 is 34.3 Å². The first kappa shape index (κ1) is 16.7. The zero-order valence-electron chi connectivity index (χ0n) is 11.2. The maximum absolute atomic E-state index is 12.1. The topological polar surface area (TPSA) is 72.5 Å². The molecule has 0 spiro atoms. The van der Waals surface area contributed by atoms with Gasteiger partial charge in [-0.25, -0.2) is 4.79 Å². The van der Waals surface area contributed by atoms with Gasteiger partial charge in [-0.15, -0.1) is 0 Å². The number of nitrogens with one attached hydrogen (secondary N) is 1. The van der Waals surface area contributed by atoms with Crippen molar-refractivity contribution in [1.29, 1.82) is 0 Å². The summed E-state index contributed by atoms with van der Waals surface area (Å²) in [6, 6.07) is 6.14. The minimum absolute atomic E-state index is 0.0164.